The summed E-state index contributed by atoms with van der Waals surface area (Å²) in [5, 5.41) is 3.03. The monoisotopic (exact) mass is 326 g/mol. The van der Waals surface area contributed by atoms with Crippen LogP contribution in [0.3, 0.4) is 0 Å². The minimum atomic E-state index is -0.0682. The third-order valence-corrected chi connectivity index (χ3v) is 3.78. The van der Waals surface area contributed by atoms with Crippen molar-refractivity contribution >= 4 is 11.6 Å². The summed E-state index contributed by atoms with van der Waals surface area (Å²) in [4.78, 5) is 12.2. The Morgan fingerprint density at radius 2 is 1.88 bits per heavy atom. The van der Waals surface area contributed by atoms with Gasteiger partial charge in [0.1, 0.15) is 5.75 Å². The Balaban J connectivity index is 1.90. The second kappa shape index (κ2) is 8.39. The van der Waals surface area contributed by atoms with E-state index in [2.05, 4.69) is 5.32 Å². The van der Waals surface area contributed by atoms with Gasteiger partial charge in [0.15, 0.2) is 0 Å². The topological polar surface area (TPSA) is 64.3 Å². The molecule has 1 atom stereocenters. The van der Waals surface area contributed by atoms with Crippen LogP contribution in [0.25, 0.3) is 0 Å². The predicted molar refractivity (Wildman–Crippen MR) is 97.9 cm³/mol. The molecule has 1 amide bonds. The van der Waals surface area contributed by atoms with Crippen molar-refractivity contribution < 1.29 is 9.53 Å². The van der Waals surface area contributed by atoms with E-state index in [9.17, 15) is 4.79 Å². The van der Waals surface area contributed by atoms with Gasteiger partial charge in [0.2, 0.25) is 5.91 Å². The Kier molecular flexibility index (Phi) is 6.24. The number of nitrogens with two attached hydrogens (primary N) is 1. The van der Waals surface area contributed by atoms with Crippen LogP contribution in [0.4, 0.5) is 5.69 Å². The van der Waals surface area contributed by atoms with E-state index >= 15 is 0 Å². The maximum atomic E-state index is 12.2. The highest BCUT2D eigenvalue weighted by Gasteiger charge is 2.11. The lowest BCUT2D eigenvalue weighted by molar-refractivity contribution is -0.121. The zero-order chi connectivity index (χ0) is 17.5. The fraction of sp³-hybridized carbons (Fsp3) is 0.350. The predicted octanol–water partition coefficient (Wildman–Crippen LogP) is 3.87. The van der Waals surface area contributed by atoms with E-state index in [0.717, 1.165) is 22.6 Å². The van der Waals surface area contributed by atoms with Gasteiger partial charge in [-0.05, 0) is 56.5 Å². The molecule has 0 radical (unpaired) electrons. The summed E-state index contributed by atoms with van der Waals surface area (Å²) >= 11 is 0. The number of para-hydroxylation sites is 1. The molecule has 128 valence electrons. The highest BCUT2D eigenvalue weighted by molar-refractivity contribution is 5.77. The van der Waals surface area contributed by atoms with Gasteiger partial charge in [0, 0.05) is 12.1 Å². The van der Waals surface area contributed by atoms with Crippen molar-refractivity contribution in [2.75, 3.05) is 5.73 Å². The maximum Gasteiger partial charge on any atom is 0.220 e. The number of nitrogen functional groups attached to an aromatic ring is 1. The molecule has 0 aromatic heterocycles. The molecule has 0 saturated heterocycles. The number of anilines is 1. The van der Waals surface area contributed by atoms with E-state index < -0.39 is 0 Å². The number of benzene rings is 2. The lowest BCUT2D eigenvalue weighted by atomic mass is 10.1. The number of carbonyl (C=O) groups excluding carboxylic acids is 1. The van der Waals surface area contributed by atoms with Gasteiger partial charge in [0.05, 0.1) is 12.1 Å². The molecule has 0 bridgehead atoms. The van der Waals surface area contributed by atoms with E-state index in [0.29, 0.717) is 12.8 Å². The Bertz CT molecular complexity index is 683. The third-order valence-electron chi connectivity index (χ3n) is 3.78. The summed E-state index contributed by atoms with van der Waals surface area (Å²) in [6.07, 6.45) is 1.18. The molecule has 0 heterocycles. The average Bonchev–Trinajstić information content (AvgIpc) is 2.53. The highest BCUT2D eigenvalue weighted by Crippen LogP contribution is 2.20. The summed E-state index contributed by atoms with van der Waals surface area (Å²) < 4.78 is 5.70. The minimum absolute atomic E-state index is 0.0148. The third kappa shape index (κ3) is 5.30. The number of ether oxygens (including phenoxy) is 1. The van der Waals surface area contributed by atoms with Crippen LogP contribution in [0.5, 0.6) is 5.75 Å². The molecule has 0 fully saturated rings. The van der Waals surface area contributed by atoms with Crippen molar-refractivity contribution in [2.45, 2.75) is 45.8 Å². The number of amides is 1. The van der Waals surface area contributed by atoms with Gasteiger partial charge in [-0.3, -0.25) is 4.79 Å². The zero-order valence-corrected chi connectivity index (χ0v) is 14.6. The molecule has 0 spiro atoms. The van der Waals surface area contributed by atoms with Crippen LogP contribution in [0.1, 0.15) is 44.4 Å². The first-order chi connectivity index (χ1) is 11.5. The Morgan fingerprint density at radius 3 is 2.58 bits per heavy atom. The van der Waals surface area contributed by atoms with E-state index in [4.69, 9.17) is 10.5 Å². The molecular formula is C20H26N2O2. The van der Waals surface area contributed by atoms with Gasteiger partial charge in [0.25, 0.3) is 0 Å². The van der Waals surface area contributed by atoms with E-state index in [1.54, 1.807) is 0 Å². The summed E-state index contributed by atoms with van der Waals surface area (Å²) in [6, 6.07) is 15.4. The number of rotatable bonds is 7. The normalized spacial score (nSPS) is 12.0. The lowest BCUT2D eigenvalue weighted by Gasteiger charge is -2.17. The summed E-state index contributed by atoms with van der Waals surface area (Å²) in [6.45, 7) is 5.96. The van der Waals surface area contributed by atoms with Crippen molar-refractivity contribution in [1.82, 2.24) is 5.32 Å². The van der Waals surface area contributed by atoms with Crippen LogP contribution in [0.2, 0.25) is 0 Å². The number of carbonyl (C=O) groups is 1. The Hall–Kier alpha value is -2.49. The Morgan fingerprint density at radius 1 is 1.12 bits per heavy atom. The number of aryl methyl sites for hydroxylation is 1. The van der Waals surface area contributed by atoms with Crippen LogP contribution in [0.15, 0.2) is 48.5 Å². The molecular weight excluding hydrogens is 300 g/mol. The molecule has 4 heteroatoms. The molecule has 3 N–H and O–H groups in total. The van der Waals surface area contributed by atoms with Gasteiger partial charge in [-0.25, -0.2) is 0 Å². The van der Waals surface area contributed by atoms with Gasteiger partial charge in [-0.2, -0.15) is 0 Å². The first kappa shape index (κ1) is 17.9. The number of hydrogen-bond donors (Lipinski definition) is 2. The van der Waals surface area contributed by atoms with Crippen molar-refractivity contribution in [3.63, 3.8) is 0 Å². The summed E-state index contributed by atoms with van der Waals surface area (Å²) in [7, 11) is 0. The number of nitrogens with one attached hydrogen (secondary N) is 1. The van der Waals surface area contributed by atoms with Crippen LogP contribution < -0.4 is 15.8 Å². The van der Waals surface area contributed by atoms with Crippen molar-refractivity contribution in [3.8, 4) is 5.75 Å². The van der Waals surface area contributed by atoms with Gasteiger partial charge in [-0.1, -0.05) is 30.3 Å². The van der Waals surface area contributed by atoms with Crippen molar-refractivity contribution in [3.05, 3.63) is 59.7 Å². The lowest BCUT2D eigenvalue weighted by Crippen LogP contribution is -2.26. The van der Waals surface area contributed by atoms with E-state index in [1.807, 2.05) is 69.3 Å². The molecule has 0 aliphatic carbocycles. The van der Waals surface area contributed by atoms with E-state index in [1.165, 1.54) is 0 Å². The first-order valence-electron chi connectivity index (χ1n) is 8.35. The average molecular weight is 326 g/mol. The zero-order valence-electron chi connectivity index (χ0n) is 14.6. The second-order valence-corrected chi connectivity index (χ2v) is 6.23. The Labute approximate surface area is 144 Å². The maximum absolute atomic E-state index is 12.2. The molecule has 2 aromatic rings. The molecule has 0 saturated carbocycles. The van der Waals surface area contributed by atoms with Gasteiger partial charge >= 0.3 is 0 Å². The van der Waals surface area contributed by atoms with Crippen LogP contribution in [0, 0.1) is 0 Å². The van der Waals surface area contributed by atoms with Crippen molar-refractivity contribution in [2.24, 2.45) is 0 Å². The fourth-order valence-electron chi connectivity index (χ4n) is 2.54. The summed E-state index contributed by atoms with van der Waals surface area (Å²) in [5.74, 6) is 0.835. The van der Waals surface area contributed by atoms with Gasteiger partial charge < -0.3 is 15.8 Å². The fourth-order valence-corrected chi connectivity index (χ4v) is 2.54. The molecule has 2 aromatic carbocycles. The molecule has 24 heavy (non-hydrogen) atoms. The SMILES string of the molecule is CC(C)Oc1cccc(C(C)NC(=O)CCc2ccccc2N)c1. The largest absolute Gasteiger partial charge is 0.491 e. The highest BCUT2D eigenvalue weighted by atomic mass is 16.5. The first-order valence-corrected chi connectivity index (χ1v) is 8.35. The van der Waals surface area contributed by atoms with E-state index in [-0.39, 0.29) is 18.1 Å². The molecule has 2 rings (SSSR count). The summed E-state index contributed by atoms with van der Waals surface area (Å²) in [5.41, 5.74) is 8.68. The molecule has 4 nitrogen and oxygen atoms in total. The van der Waals surface area contributed by atoms with Crippen LogP contribution >= 0.6 is 0 Å². The van der Waals surface area contributed by atoms with Crippen LogP contribution in [-0.2, 0) is 11.2 Å². The molecule has 0 aliphatic rings. The number of hydrogen-bond acceptors (Lipinski definition) is 3. The van der Waals surface area contributed by atoms with Crippen LogP contribution in [-0.4, -0.2) is 12.0 Å². The molecule has 0 aliphatic heterocycles. The second-order valence-electron chi connectivity index (χ2n) is 6.23. The minimum Gasteiger partial charge on any atom is -0.491 e. The van der Waals surface area contributed by atoms with Crippen molar-refractivity contribution in [1.29, 1.82) is 0 Å². The smallest absolute Gasteiger partial charge is 0.220 e. The standard InChI is InChI=1S/C20H26N2O2/c1-14(2)24-18-9-6-8-17(13-18)15(3)22-20(23)12-11-16-7-4-5-10-19(16)21/h4-10,13-15H,11-12,21H2,1-3H3,(H,22,23). The van der Waals surface area contributed by atoms with Gasteiger partial charge in [-0.15, -0.1) is 0 Å². The quantitative estimate of drug-likeness (QED) is 0.759. The molecule has 1 unspecified atom stereocenters.